The SMILES string of the molecule is CCOC(=O)c1c(NC(=O)Cc2ccc(OC)c(C)c2)sc2c1CCC2. The molecule has 1 aliphatic carbocycles. The third-order valence-corrected chi connectivity index (χ3v) is 5.68. The number of nitrogens with one attached hydrogen (secondary N) is 1. The van der Waals surface area contributed by atoms with E-state index in [4.69, 9.17) is 9.47 Å². The van der Waals surface area contributed by atoms with Gasteiger partial charge in [-0.1, -0.05) is 12.1 Å². The molecule has 0 aliphatic heterocycles. The van der Waals surface area contributed by atoms with Gasteiger partial charge in [0.2, 0.25) is 5.91 Å². The number of carbonyl (C=O) groups excluding carboxylic acids is 2. The average Bonchev–Trinajstić information content (AvgIpc) is 3.15. The van der Waals surface area contributed by atoms with Gasteiger partial charge in [-0.05, 0) is 55.9 Å². The van der Waals surface area contributed by atoms with Crippen molar-refractivity contribution >= 4 is 28.2 Å². The van der Waals surface area contributed by atoms with Gasteiger partial charge in [0.25, 0.3) is 0 Å². The lowest BCUT2D eigenvalue weighted by molar-refractivity contribution is -0.115. The summed E-state index contributed by atoms with van der Waals surface area (Å²) in [6, 6.07) is 5.69. The highest BCUT2D eigenvalue weighted by molar-refractivity contribution is 7.17. The van der Waals surface area contributed by atoms with Gasteiger partial charge in [-0.3, -0.25) is 4.79 Å². The van der Waals surface area contributed by atoms with Crippen LogP contribution in [0.25, 0.3) is 0 Å². The fraction of sp³-hybridized carbons (Fsp3) is 0.400. The van der Waals surface area contributed by atoms with Crippen molar-refractivity contribution < 1.29 is 19.1 Å². The molecular weight excluding hydrogens is 350 g/mol. The van der Waals surface area contributed by atoms with Gasteiger partial charge in [0.05, 0.1) is 25.7 Å². The topological polar surface area (TPSA) is 64.6 Å². The van der Waals surface area contributed by atoms with Crippen LogP contribution in [0.4, 0.5) is 5.00 Å². The van der Waals surface area contributed by atoms with Crippen molar-refractivity contribution in [3.8, 4) is 5.75 Å². The van der Waals surface area contributed by atoms with Crippen LogP contribution in [0.2, 0.25) is 0 Å². The third-order valence-electron chi connectivity index (χ3n) is 4.48. The second kappa shape index (κ2) is 7.91. The molecule has 0 bridgehead atoms. The lowest BCUT2D eigenvalue weighted by Gasteiger charge is -2.09. The first kappa shape index (κ1) is 18.5. The second-order valence-electron chi connectivity index (χ2n) is 6.31. The molecule has 1 N–H and O–H groups in total. The number of aryl methyl sites for hydroxylation is 2. The first-order valence-corrected chi connectivity index (χ1v) is 9.60. The minimum Gasteiger partial charge on any atom is -0.496 e. The van der Waals surface area contributed by atoms with Gasteiger partial charge in [-0.2, -0.15) is 0 Å². The number of fused-ring (bicyclic) bond motifs is 1. The highest BCUT2D eigenvalue weighted by Crippen LogP contribution is 2.39. The van der Waals surface area contributed by atoms with Crippen LogP contribution in [-0.2, 0) is 28.8 Å². The van der Waals surface area contributed by atoms with Gasteiger partial charge in [0.1, 0.15) is 10.8 Å². The second-order valence-corrected chi connectivity index (χ2v) is 7.42. The molecule has 26 heavy (non-hydrogen) atoms. The van der Waals surface area contributed by atoms with Gasteiger partial charge in [0, 0.05) is 4.88 Å². The van der Waals surface area contributed by atoms with E-state index in [1.807, 2.05) is 25.1 Å². The Hall–Kier alpha value is -2.34. The van der Waals surface area contributed by atoms with Crippen LogP contribution < -0.4 is 10.1 Å². The Kier molecular flexibility index (Phi) is 5.61. The summed E-state index contributed by atoms with van der Waals surface area (Å²) in [6.45, 7) is 4.06. The van der Waals surface area contributed by atoms with Gasteiger partial charge >= 0.3 is 5.97 Å². The number of rotatable bonds is 6. The smallest absolute Gasteiger partial charge is 0.341 e. The summed E-state index contributed by atoms with van der Waals surface area (Å²) in [5.41, 5.74) is 3.48. The summed E-state index contributed by atoms with van der Waals surface area (Å²) >= 11 is 1.50. The molecule has 1 aromatic heterocycles. The molecule has 3 rings (SSSR count). The molecule has 0 unspecified atom stereocenters. The molecule has 1 amide bonds. The number of anilines is 1. The van der Waals surface area contributed by atoms with Gasteiger partial charge < -0.3 is 14.8 Å². The summed E-state index contributed by atoms with van der Waals surface area (Å²) in [7, 11) is 1.63. The van der Waals surface area contributed by atoms with Crippen molar-refractivity contribution in [1.29, 1.82) is 0 Å². The molecule has 138 valence electrons. The normalized spacial score (nSPS) is 12.6. The zero-order valence-electron chi connectivity index (χ0n) is 15.3. The molecule has 0 spiro atoms. The number of amides is 1. The fourth-order valence-corrected chi connectivity index (χ4v) is 4.61. The molecule has 2 aromatic rings. The largest absolute Gasteiger partial charge is 0.496 e. The van der Waals surface area contributed by atoms with Gasteiger partial charge in [-0.15, -0.1) is 11.3 Å². The Labute approximate surface area is 157 Å². The highest BCUT2D eigenvalue weighted by Gasteiger charge is 2.28. The van der Waals surface area contributed by atoms with E-state index in [1.165, 1.54) is 16.2 Å². The van der Waals surface area contributed by atoms with Crippen molar-refractivity contribution in [3.05, 3.63) is 45.3 Å². The number of esters is 1. The molecule has 0 atom stereocenters. The first-order valence-electron chi connectivity index (χ1n) is 8.78. The first-order chi connectivity index (χ1) is 12.5. The van der Waals surface area contributed by atoms with E-state index < -0.39 is 0 Å². The maximum Gasteiger partial charge on any atom is 0.341 e. The van der Waals surface area contributed by atoms with Crippen LogP contribution >= 0.6 is 11.3 Å². The summed E-state index contributed by atoms with van der Waals surface area (Å²) in [6.07, 6.45) is 3.12. The molecule has 1 aromatic carbocycles. The van der Waals surface area contributed by atoms with E-state index in [9.17, 15) is 9.59 Å². The van der Waals surface area contributed by atoms with Gasteiger partial charge in [-0.25, -0.2) is 4.79 Å². The molecule has 0 saturated carbocycles. The maximum absolute atomic E-state index is 12.5. The van der Waals surface area contributed by atoms with Crippen molar-refractivity contribution in [2.75, 3.05) is 19.0 Å². The standard InChI is InChI=1S/C20H23NO4S/c1-4-25-20(23)18-14-6-5-7-16(14)26-19(18)21-17(22)11-13-8-9-15(24-3)12(2)10-13/h8-10H,4-7,11H2,1-3H3,(H,21,22). The van der Waals surface area contributed by atoms with E-state index in [-0.39, 0.29) is 18.3 Å². The van der Waals surface area contributed by atoms with Gasteiger partial charge in [0.15, 0.2) is 0 Å². The third kappa shape index (κ3) is 3.75. The maximum atomic E-state index is 12.5. The quantitative estimate of drug-likeness (QED) is 0.780. The van der Waals surface area contributed by atoms with Crippen LogP contribution in [0.3, 0.4) is 0 Å². The van der Waals surface area contributed by atoms with Crippen LogP contribution in [0.1, 0.15) is 45.3 Å². The lowest BCUT2D eigenvalue weighted by atomic mass is 10.1. The highest BCUT2D eigenvalue weighted by atomic mass is 32.1. The Morgan fingerprint density at radius 2 is 2.08 bits per heavy atom. The summed E-state index contributed by atoms with van der Waals surface area (Å²) in [5.74, 6) is 0.316. The molecule has 0 radical (unpaired) electrons. The van der Waals surface area contributed by atoms with Crippen LogP contribution in [-0.4, -0.2) is 25.6 Å². The molecule has 0 saturated heterocycles. The van der Waals surface area contributed by atoms with Crippen LogP contribution in [0, 0.1) is 6.92 Å². The van der Waals surface area contributed by atoms with E-state index >= 15 is 0 Å². The van der Waals surface area contributed by atoms with Crippen molar-refractivity contribution in [1.82, 2.24) is 0 Å². The van der Waals surface area contributed by atoms with Crippen molar-refractivity contribution in [3.63, 3.8) is 0 Å². The van der Waals surface area contributed by atoms with Crippen molar-refractivity contribution in [2.24, 2.45) is 0 Å². The lowest BCUT2D eigenvalue weighted by Crippen LogP contribution is -2.17. The summed E-state index contributed by atoms with van der Waals surface area (Å²) in [5, 5.41) is 3.54. The van der Waals surface area contributed by atoms with Crippen molar-refractivity contribution in [2.45, 2.75) is 39.5 Å². The number of hydrogen-bond acceptors (Lipinski definition) is 5. The molecule has 1 aliphatic rings. The Bertz CT molecular complexity index is 841. The Morgan fingerprint density at radius 1 is 1.27 bits per heavy atom. The number of benzene rings is 1. The molecule has 6 heteroatoms. The number of thiophene rings is 1. The predicted molar refractivity (Wildman–Crippen MR) is 102 cm³/mol. The number of hydrogen-bond donors (Lipinski definition) is 1. The summed E-state index contributed by atoms with van der Waals surface area (Å²) in [4.78, 5) is 26.1. The van der Waals surface area contributed by atoms with E-state index in [1.54, 1.807) is 14.0 Å². The fourth-order valence-electron chi connectivity index (χ4n) is 3.32. The number of methoxy groups -OCH3 is 1. The van der Waals surface area contributed by atoms with E-state index in [0.717, 1.165) is 41.7 Å². The van der Waals surface area contributed by atoms with E-state index in [2.05, 4.69) is 5.32 Å². The Balaban J connectivity index is 1.77. The number of ether oxygens (including phenoxy) is 2. The minimum atomic E-state index is -0.345. The molecule has 1 heterocycles. The Morgan fingerprint density at radius 3 is 2.77 bits per heavy atom. The molecular formula is C20H23NO4S. The van der Waals surface area contributed by atoms with E-state index in [0.29, 0.717) is 17.2 Å². The zero-order chi connectivity index (χ0) is 18.7. The van der Waals surface area contributed by atoms with Crippen LogP contribution in [0.15, 0.2) is 18.2 Å². The predicted octanol–water partition coefficient (Wildman–Crippen LogP) is 3.91. The summed E-state index contributed by atoms with van der Waals surface area (Å²) < 4.78 is 10.4. The molecule has 0 fully saturated rings. The zero-order valence-corrected chi connectivity index (χ0v) is 16.1. The van der Waals surface area contributed by atoms with Crippen LogP contribution in [0.5, 0.6) is 5.75 Å². The average molecular weight is 373 g/mol. The monoisotopic (exact) mass is 373 g/mol. The number of carbonyl (C=O) groups is 2. The molecule has 5 nitrogen and oxygen atoms in total. The minimum absolute atomic E-state index is 0.139.